The van der Waals surface area contributed by atoms with Gasteiger partial charge in [0.05, 0.1) is 0 Å². The van der Waals surface area contributed by atoms with E-state index in [1.54, 1.807) is 0 Å². The van der Waals surface area contributed by atoms with Gasteiger partial charge in [-0.3, -0.25) is 4.79 Å². The van der Waals surface area contributed by atoms with E-state index in [-0.39, 0.29) is 11.8 Å². The van der Waals surface area contributed by atoms with E-state index in [2.05, 4.69) is 52.2 Å². The largest absolute Gasteiger partial charge is 0.356 e. The molecule has 1 aromatic rings. The van der Waals surface area contributed by atoms with Crippen LogP contribution in [0, 0.1) is 9.49 Å². The summed E-state index contributed by atoms with van der Waals surface area (Å²) < 4.78 is 1.24. The van der Waals surface area contributed by atoms with E-state index >= 15 is 0 Å². The van der Waals surface area contributed by atoms with Gasteiger partial charge < -0.3 is 5.32 Å². The van der Waals surface area contributed by atoms with E-state index in [0.717, 1.165) is 32.2 Å². The van der Waals surface area contributed by atoms with Gasteiger partial charge in [-0.05, 0) is 59.5 Å². The molecule has 0 spiro atoms. The fourth-order valence-corrected chi connectivity index (χ4v) is 2.46. The highest BCUT2D eigenvalue weighted by molar-refractivity contribution is 14.1. The number of carbonyl (C=O) groups is 1. The summed E-state index contributed by atoms with van der Waals surface area (Å²) in [5.41, 5.74) is 1.27. The van der Waals surface area contributed by atoms with Crippen molar-refractivity contribution in [2.45, 2.75) is 25.7 Å². The van der Waals surface area contributed by atoms with Crippen molar-refractivity contribution in [2.75, 3.05) is 6.54 Å². The van der Waals surface area contributed by atoms with Crippen LogP contribution in [0.5, 0.6) is 0 Å². The molecule has 1 saturated heterocycles. The molecular weight excluding hydrogens is 313 g/mol. The quantitative estimate of drug-likeness (QED) is 0.831. The van der Waals surface area contributed by atoms with Gasteiger partial charge in [-0.1, -0.05) is 18.6 Å². The van der Waals surface area contributed by atoms with Crippen molar-refractivity contribution >= 4 is 28.5 Å². The number of amides is 1. The Hall–Kier alpha value is -0.580. The van der Waals surface area contributed by atoms with Crippen LogP contribution in [-0.2, 0) is 11.2 Å². The predicted octanol–water partition coefficient (Wildman–Crippen LogP) is 2.75. The predicted molar refractivity (Wildman–Crippen MR) is 73.2 cm³/mol. The molecule has 2 nitrogen and oxygen atoms in total. The number of hydrogen-bond acceptors (Lipinski definition) is 1. The summed E-state index contributed by atoms with van der Waals surface area (Å²) in [6, 6.07) is 8.45. The number of nitrogens with one attached hydrogen (secondary N) is 1. The first-order chi connectivity index (χ1) is 7.75. The van der Waals surface area contributed by atoms with Gasteiger partial charge in [-0.25, -0.2) is 0 Å². The molecule has 1 aliphatic rings. The lowest BCUT2D eigenvalue weighted by Gasteiger charge is -2.12. The highest BCUT2D eigenvalue weighted by Gasteiger charge is 2.20. The van der Waals surface area contributed by atoms with Crippen LogP contribution in [0.1, 0.15) is 24.8 Å². The van der Waals surface area contributed by atoms with Crippen LogP contribution < -0.4 is 5.32 Å². The Morgan fingerprint density at radius 2 is 2.00 bits per heavy atom. The lowest BCUT2D eigenvalue weighted by molar-refractivity contribution is -0.124. The number of hydrogen-bond donors (Lipinski definition) is 1. The second-order valence-electron chi connectivity index (χ2n) is 4.31. The van der Waals surface area contributed by atoms with Crippen LogP contribution in [0.25, 0.3) is 0 Å². The first kappa shape index (κ1) is 11.9. The molecule has 0 radical (unpaired) electrons. The lowest BCUT2D eigenvalue weighted by Crippen LogP contribution is -2.30. The fraction of sp³-hybridized carbons (Fsp3) is 0.462. The minimum absolute atomic E-state index is 0.169. The van der Waals surface area contributed by atoms with E-state index in [0.29, 0.717) is 0 Å². The summed E-state index contributed by atoms with van der Waals surface area (Å²) in [6.07, 6.45) is 4.18. The zero-order valence-electron chi connectivity index (χ0n) is 9.21. The number of carbonyl (C=O) groups excluding carboxylic acids is 1. The SMILES string of the molecule is O=C1NCCCCC1Cc1ccc(I)cc1. The monoisotopic (exact) mass is 329 g/mol. The van der Waals surface area contributed by atoms with Crippen LogP contribution in [0.2, 0.25) is 0 Å². The van der Waals surface area contributed by atoms with Crippen molar-refractivity contribution < 1.29 is 4.79 Å². The topological polar surface area (TPSA) is 29.1 Å². The van der Waals surface area contributed by atoms with E-state index < -0.39 is 0 Å². The molecule has 1 N–H and O–H groups in total. The summed E-state index contributed by atoms with van der Waals surface area (Å²) in [4.78, 5) is 11.8. The van der Waals surface area contributed by atoms with Crippen molar-refractivity contribution in [3.05, 3.63) is 33.4 Å². The van der Waals surface area contributed by atoms with Gasteiger partial charge >= 0.3 is 0 Å². The highest BCUT2D eigenvalue weighted by Crippen LogP contribution is 2.18. The number of halogens is 1. The molecule has 1 atom stereocenters. The molecule has 2 rings (SSSR count). The molecule has 3 heteroatoms. The summed E-state index contributed by atoms with van der Waals surface area (Å²) in [7, 11) is 0. The van der Waals surface area contributed by atoms with Crippen LogP contribution in [0.3, 0.4) is 0 Å². The fourth-order valence-electron chi connectivity index (χ4n) is 2.10. The molecule has 1 unspecified atom stereocenters. The van der Waals surface area contributed by atoms with Gasteiger partial charge in [-0.15, -0.1) is 0 Å². The van der Waals surface area contributed by atoms with E-state index in [4.69, 9.17) is 0 Å². The molecular formula is C13H16INO. The Labute approximate surface area is 110 Å². The van der Waals surface area contributed by atoms with Gasteiger partial charge in [0.2, 0.25) is 5.91 Å². The van der Waals surface area contributed by atoms with Crippen molar-refractivity contribution in [1.82, 2.24) is 5.32 Å². The molecule has 1 fully saturated rings. The number of benzene rings is 1. The van der Waals surface area contributed by atoms with Crippen molar-refractivity contribution in [1.29, 1.82) is 0 Å². The van der Waals surface area contributed by atoms with Crippen LogP contribution in [0.15, 0.2) is 24.3 Å². The highest BCUT2D eigenvalue weighted by atomic mass is 127. The van der Waals surface area contributed by atoms with Gasteiger partial charge in [0.15, 0.2) is 0 Å². The van der Waals surface area contributed by atoms with E-state index in [9.17, 15) is 4.79 Å². The molecule has 1 aromatic carbocycles. The Morgan fingerprint density at radius 3 is 2.75 bits per heavy atom. The molecule has 86 valence electrons. The normalized spacial score (nSPS) is 21.3. The molecule has 1 amide bonds. The van der Waals surface area contributed by atoms with Crippen molar-refractivity contribution in [3.8, 4) is 0 Å². The molecule has 0 aromatic heterocycles. The zero-order valence-corrected chi connectivity index (χ0v) is 11.4. The summed E-state index contributed by atoms with van der Waals surface area (Å²) in [5, 5.41) is 2.99. The third kappa shape index (κ3) is 3.20. The maximum Gasteiger partial charge on any atom is 0.223 e. The molecule has 16 heavy (non-hydrogen) atoms. The van der Waals surface area contributed by atoms with Gasteiger partial charge in [0.25, 0.3) is 0 Å². The molecule has 0 bridgehead atoms. The molecule has 1 aliphatic heterocycles. The van der Waals surface area contributed by atoms with Crippen LogP contribution >= 0.6 is 22.6 Å². The second-order valence-corrected chi connectivity index (χ2v) is 5.56. The maximum absolute atomic E-state index is 11.8. The molecule has 0 aliphatic carbocycles. The zero-order chi connectivity index (χ0) is 11.4. The minimum Gasteiger partial charge on any atom is -0.356 e. The first-order valence-corrected chi connectivity index (χ1v) is 6.86. The smallest absolute Gasteiger partial charge is 0.223 e. The molecule has 0 saturated carbocycles. The second kappa shape index (κ2) is 5.66. The van der Waals surface area contributed by atoms with Crippen LogP contribution in [0.4, 0.5) is 0 Å². The van der Waals surface area contributed by atoms with Crippen molar-refractivity contribution in [3.63, 3.8) is 0 Å². The van der Waals surface area contributed by atoms with E-state index in [1.807, 2.05) is 0 Å². The average Bonchev–Trinajstić information content (AvgIpc) is 2.48. The Kier molecular flexibility index (Phi) is 4.21. The third-order valence-electron chi connectivity index (χ3n) is 3.04. The van der Waals surface area contributed by atoms with Crippen LogP contribution in [-0.4, -0.2) is 12.5 Å². The van der Waals surface area contributed by atoms with Gasteiger partial charge in [0, 0.05) is 16.0 Å². The lowest BCUT2D eigenvalue weighted by atomic mass is 9.94. The summed E-state index contributed by atoms with van der Waals surface area (Å²) >= 11 is 2.30. The summed E-state index contributed by atoms with van der Waals surface area (Å²) in [6.45, 7) is 0.849. The molecule has 1 heterocycles. The van der Waals surface area contributed by atoms with Gasteiger partial charge in [-0.2, -0.15) is 0 Å². The minimum atomic E-state index is 0.169. The Balaban J connectivity index is 2.02. The van der Waals surface area contributed by atoms with Crippen molar-refractivity contribution in [2.24, 2.45) is 5.92 Å². The average molecular weight is 329 g/mol. The summed E-state index contributed by atoms with van der Waals surface area (Å²) in [5.74, 6) is 0.401. The standard InChI is InChI=1S/C13H16INO/c14-12-6-4-10(5-7-12)9-11-3-1-2-8-15-13(11)16/h4-7,11H,1-3,8-9H2,(H,15,16). The third-order valence-corrected chi connectivity index (χ3v) is 3.76. The van der Waals surface area contributed by atoms with E-state index in [1.165, 1.54) is 9.13 Å². The Morgan fingerprint density at radius 1 is 1.25 bits per heavy atom. The first-order valence-electron chi connectivity index (χ1n) is 5.78. The number of rotatable bonds is 2. The Bertz CT molecular complexity index is 361. The van der Waals surface area contributed by atoms with Gasteiger partial charge in [0.1, 0.15) is 0 Å². The maximum atomic E-state index is 11.8.